The molecule has 19 heavy (non-hydrogen) atoms. The fraction of sp³-hybridized carbons (Fsp3) is 0.235. The molecular weight excluding hydrogens is 236 g/mol. The van der Waals surface area contributed by atoms with Crippen molar-refractivity contribution in [3.05, 3.63) is 53.6 Å². The van der Waals surface area contributed by atoms with Gasteiger partial charge in [0.1, 0.15) is 12.0 Å². The Morgan fingerprint density at radius 2 is 1.84 bits per heavy atom. The smallest absolute Gasteiger partial charge is 0.150 e. The quantitative estimate of drug-likeness (QED) is 0.760. The van der Waals surface area contributed by atoms with E-state index in [2.05, 4.69) is 32.0 Å². The fourth-order valence-electron chi connectivity index (χ4n) is 2.05. The molecule has 2 aromatic rings. The van der Waals surface area contributed by atoms with Crippen LogP contribution in [0.15, 0.2) is 42.5 Å². The zero-order valence-corrected chi connectivity index (χ0v) is 11.5. The summed E-state index contributed by atoms with van der Waals surface area (Å²) in [7, 11) is 1.61. The van der Waals surface area contributed by atoms with Crippen molar-refractivity contribution in [1.82, 2.24) is 0 Å². The Morgan fingerprint density at radius 1 is 1.05 bits per heavy atom. The first-order valence-electron chi connectivity index (χ1n) is 6.38. The van der Waals surface area contributed by atoms with Crippen LogP contribution < -0.4 is 4.74 Å². The van der Waals surface area contributed by atoms with E-state index in [0.717, 1.165) is 17.4 Å². The molecule has 0 spiro atoms. The molecule has 0 saturated heterocycles. The van der Waals surface area contributed by atoms with Crippen molar-refractivity contribution >= 4 is 6.29 Å². The number of methoxy groups -OCH3 is 1. The van der Waals surface area contributed by atoms with Gasteiger partial charge in [-0.3, -0.25) is 4.79 Å². The third-order valence-corrected chi connectivity index (χ3v) is 3.19. The van der Waals surface area contributed by atoms with Gasteiger partial charge in [-0.25, -0.2) is 0 Å². The summed E-state index contributed by atoms with van der Waals surface area (Å²) in [6.45, 7) is 4.34. The second-order valence-corrected chi connectivity index (χ2v) is 4.89. The summed E-state index contributed by atoms with van der Waals surface area (Å²) in [4.78, 5) is 11.0. The Labute approximate surface area is 114 Å². The third kappa shape index (κ3) is 3.02. The average molecular weight is 254 g/mol. The van der Waals surface area contributed by atoms with Gasteiger partial charge in [0.15, 0.2) is 0 Å². The Bertz CT molecular complexity index is 586. The number of rotatable bonds is 4. The zero-order valence-electron chi connectivity index (χ0n) is 11.5. The van der Waals surface area contributed by atoms with E-state index < -0.39 is 0 Å². The Morgan fingerprint density at radius 3 is 2.47 bits per heavy atom. The van der Waals surface area contributed by atoms with Gasteiger partial charge < -0.3 is 4.74 Å². The van der Waals surface area contributed by atoms with Crippen molar-refractivity contribution < 1.29 is 9.53 Å². The van der Waals surface area contributed by atoms with Gasteiger partial charge in [0, 0.05) is 5.56 Å². The van der Waals surface area contributed by atoms with Gasteiger partial charge in [0.2, 0.25) is 0 Å². The lowest BCUT2D eigenvalue weighted by Gasteiger charge is -2.10. The number of hydrogen-bond acceptors (Lipinski definition) is 2. The molecule has 0 aromatic heterocycles. The van der Waals surface area contributed by atoms with E-state index in [1.54, 1.807) is 13.2 Å². The molecule has 2 heteroatoms. The molecule has 0 aliphatic carbocycles. The molecule has 0 aliphatic heterocycles. The number of carbonyl (C=O) groups excluding carboxylic acids is 1. The van der Waals surface area contributed by atoms with Crippen LogP contribution in [0.5, 0.6) is 5.75 Å². The van der Waals surface area contributed by atoms with Crippen LogP contribution in [0.2, 0.25) is 0 Å². The van der Waals surface area contributed by atoms with E-state index in [9.17, 15) is 4.79 Å². The second kappa shape index (κ2) is 5.70. The van der Waals surface area contributed by atoms with Crippen LogP contribution in [-0.4, -0.2) is 13.4 Å². The molecule has 0 radical (unpaired) electrons. The summed E-state index contributed by atoms with van der Waals surface area (Å²) in [5.41, 5.74) is 4.02. The molecule has 2 aromatic carbocycles. The highest BCUT2D eigenvalue weighted by Crippen LogP contribution is 2.28. The van der Waals surface area contributed by atoms with Crippen molar-refractivity contribution in [3.8, 4) is 16.9 Å². The van der Waals surface area contributed by atoms with Gasteiger partial charge in [0.05, 0.1) is 7.11 Å². The number of ether oxygens (including phenoxy) is 1. The maximum Gasteiger partial charge on any atom is 0.150 e. The summed E-state index contributed by atoms with van der Waals surface area (Å²) < 4.78 is 5.24. The van der Waals surface area contributed by atoms with Crippen LogP contribution in [0, 0.1) is 0 Å². The predicted octanol–water partition coefficient (Wildman–Crippen LogP) is 4.30. The van der Waals surface area contributed by atoms with Gasteiger partial charge in [-0.15, -0.1) is 0 Å². The fourth-order valence-corrected chi connectivity index (χ4v) is 2.05. The standard InChI is InChI=1S/C17H18O2/c1-12(2)14-5-4-6-15(9-14)16-7-13(11-18)8-17(10-16)19-3/h4-12H,1-3H3. The monoisotopic (exact) mass is 254 g/mol. The lowest BCUT2D eigenvalue weighted by atomic mass is 9.96. The van der Waals surface area contributed by atoms with Crippen LogP contribution in [0.25, 0.3) is 11.1 Å². The first-order chi connectivity index (χ1) is 9.13. The Kier molecular flexibility index (Phi) is 4.00. The van der Waals surface area contributed by atoms with Gasteiger partial charge in [-0.05, 0) is 40.8 Å². The van der Waals surface area contributed by atoms with Crippen molar-refractivity contribution in [2.24, 2.45) is 0 Å². The van der Waals surface area contributed by atoms with E-state index in [1.165, 1.54) is 5.56 Å². The number of benzene rings is 2. The molecule has 0 atom stereocenters. The maximum absolute atomic E-state index is 11.0. The highest BCUT2D eigenvalue weighted by atomic mass is 16.5. The topological polar surface area (TPSA) is 26.3 Å². The van der Waals surface area contributed by atoms with Gasteiger partial charge >= 0.3 is 0 Å². The van der Waals surface area contributed by atoms with Gasteiger partial charge in [-0.1, -0.05) is 38.1 Å². The molecule has 0 aliphatic rings. The van der Waals surface area contributed by atoms with Gasteiger partial charge in [-0.2, -0.15) is 0 Å². The average Bonchev–Trinajstić information content (AvgIpc) is 2.46. The highest BCUT2D eigenvalue weighted by Gasteiger charge is 2.05. The van der Waals surface area contributed by atoms with Crippen LogP contribution in [-0.2, 0) is 0 Å². The van der Waals surface area contributed by atoms with Crippen LogP contribution in [0.3, 0.4) is 0 Å². The Balaban J connectivity index is 2.51. The molecule has 0 heterocycles. The van der Waals surface area contributed by atoms with Crippen molar-refractivity contribution in [2.45, 2.75) is 19.8 Å². The highest BCUT2D eigenvalue weighted by molar-refractivity contribution is 5.80. The lowest BCUT2D eigenvalue weighted by Crippen LogP contribution is -1.91. The van der Waals surface area contributed by atoms with Crippen molar-refractivity contribution in [1.29, 1.82) is 0 Å². The van der Waals surface area contributed by atoms with Crippen LogP contribution in [0.1, 0.15) is 35.7 Å². The number of hydrogen-bond donors (Lipinski definition) is 0. The third-order valence-electron chi connectivity index (χ3n) is 3.19. The maximum atomic E-state index is 11.0. The SMILES string of the molecule is COc1cc(C=O)cc(-c2cccc(C(C)C)c2)c1. The summed E-state index contributed by atoms with van der Waals surface area (Å²) in [5, 5.41) is 0. The molecule has 0 bridgehead atoms. The van der Waals surface area contributed by atoms with Crippen LogP contribution >= 0.6 is 0 Å². The van der Waals surface area contributed by atoms with Crippen molar-refractivity contribution in [3.63, 3.8) is 0 Å². The number of carbonyl (C=O) groups is 1. The number of aldehydes is 1. The summed E-state index contributed by atoms with van der Waals surface area (Å²) in [6.07, 6.45) is 0.846. The summed E-state index contributed by atoms with van der Waals surface area (Å²) in [6, 6.07) is 14.0. The molecule has 2 nitrogen and oxygen atoms in total. The Hall–Kier alpha value is -2.09. The van der Waals surface area contributed by atoms with E-state index in [0.29, 0.717) is 17.2 Å². The first-order valence-corrected chi connectivity index (χ1v) is 6.38. The van der Waals surface area contributed by atoms with E-state index >= 15 is 0 Å². The van der Waals surface area contributed by atoms with E-state index in [-0.39, 0.29) is 0 Å². The molecule has 98 valence electrons. The van der Waals surface area contributed by atoms with Crippen LogP contribution in [0.4, 0.5) is 0 Å². The minimum atomic E-state index is 0.482. The second-order valence-electron chi connectivity index (χ2n) is 4.89. The van der Waals surface area contributed by atoms with Gasteiger partial charge in [0.25, 0.3) is 0 Å². The molecule has 0 N–H and O–H groups in total. The molecule has 2 rings (SSSR count). The minimum absolute atomic E-state index is 0.482. The lowest BCUT2D eigenvalue weighted by molar-refractivity contribution is 0.112. The molecule has 0 unspecified atom stereocenters. The molecule has 0 amide bonds. The molecule has 0 fully saturated rings. The molecular formula is C17H18O2. The molecule has 0 saturated carbocycles. The van der Waals surface area contributed by atoms with Crippen molar-refractivity contribution in [2.75, 3.05) is 7.11 Å². The predicted molar refractivity (Wildman–Crippen MR) is 77.9 cm³/mol. The summed E-state index contributed by atoms with van der Waals surface area (Å²) >= 11 is 0. The van der Waals surface area contributed by atoms with E-state index in [4.69, 9.17) is 4.74 Å². The minimum Gasteiger partial charge on any atom is -0.497 e. The first kappa shape index (κ1) is 13.3. The van der Waals surface area contributed by atoms with E-state index in [1.807, 2.05) is 18.2 Å². The zero-order chi connectivity index (χ0) is 13.8. The normalized spacial score (nSPS) is 10.5. The largest absolute Gasteiger partial charge is 0.497 e. The summed E-state index contributed by atoms with van der Waals surface area (Å²) in [5.74, 6) is 1.19.